The Hall–Kier alpha value is -3.62. The zero-order valence-corrected chi connectivity index (χ0v) is 16.7. The third-order valence-electron chi connectivity index (χ3n) is 4.49. The number of hydrogen-bond acceptors (Lipinski definition) is 2. The van der Waals surface area contributed by atoms with Crippen molar-refractivity contribution in [3.63, 3.8) is 0 Å². The lowest BCUT2D eigenvalue weighted by atomic mass is 10.1. The van der Waals surface area contributed by atoms with Crippen LogP contribution in [0, 0.1) is 0 Å². The highest BCUT2D eigenvalue weighted by Gasteiger charge is 2.31. The molecule has 0 bridgehead atoms. The van der Waals surface area contributed by atoms with Gasteiger partial charge in [0.1, 0.15) is 0 Å². The Morgan fingerprint density at radius 3 is 1.50 bits per heavy atom. The molecule has 0 spiro atoms. The first kappa shape index (κ1) is 23.1. The normalized spacial score (nSPS) is 13.0. The van der Waals surface area contributed by atoms with Crippen molar-refractivity contribution < 1.29 is 26.3 Å². The van der Waals surface area contributed by atoms with E-state index in [1.54, 1.807) is 29.7 Å². The molecule has 3 aromatic rings. The number of halogens is 6. The standard InChI is InChI=1S/C23H17F6N3/c1-3-5-19(6-4-2)32-20(15-7-11-17(12-8-15)22(24,25)26)30-31-21(32)16-9-13-18(14-10-16)23(27,28)29/h3-14H,1H2,2H3/b6-4-,19-5+. The maximum atomic E-state index is 12.9. The summed E-state index contributed by atoms with van der Waals surface area (Å²) in [6.07, 6.45) is -2.42. The van der Waals surface area contributed by atoms with Crippen LogP contribution < -0.4 is 0 Å². The van der Waals surface area contributed by atoms with Gasteiger partial charge in [-0.15, -0.1) is 10.2 Å². The van der Waals surface area contributed by atoms with Gasteiger partial charge in [-0.1, -0.05) is 43.0 Å². The number of nitrogens with zero attached hydrogens (tertiary/aromatic N) is 3. The molecule has 1 aromatic heterocycles. The zero-order valence-electron chi connectivity index (χ0n) is 16.7. The van der Waals surface area contributed by atoms with E-state index in [9.17, 15) is 26.3 Å². The predicted molar refractivity (Wildman–Crippen MR) is 110 cm³/mol. The molecule has 0 saturated heterocycles. The Morgan fingerprint density at radius 1 is 0.781 bits per heavy atom. The second-order valence-corrected chi connectivity index (χ2v) is 6.66. The summed E-state index contributed by atoms with van der Waals surface area (Å²) >= 11 is 0. The van der Waals surface area contributed by atoms with Crippen LogP contribution in [0.3, 0.4) is 0 Å². The summed E-state index contributed by atoms with van der Waals surface area (Å²) in [5, 5.41) is 8.22. The lowest BCUT2D eigenvalue weighted by Gasteiger charge is -2.13. The van der Waals surface area contributed by atoms with E-state index in [4.69, 9.17) is 0 Å². The van der Waals surface area contributed by atoms with Crippen molar-refractivity contribution in [2.24, 2.45) is 0 Å². The minimum Gasteiger partial charge on any atom is -0.275 e. The molecule has 0 N–H and O–H groups in total. The van der Waals surface area contributed by atoms with Crippen LogP contribution in [0.4, 0.5) is 26.3 Å². The van der Waals surface area contributed by atoms with Gasteiger partial charge in [0.2, 0.25) is 0 Å². The van der Waals surface area contributed by atoms with Gasteiger partial charge in [-0.2, -0.15) is 26.3 Å². The van der Waals surface area contributed by atoms with Crippen molar-refractivity contribution >= 4 is 5.70 Å². The molecule has 0 unspecified atom stereocenters. The zero-order chi connectivity index (χ0) is 23.5. The summed E-state index contributed by atoms with van der Waals surface area (Å²) < 4.78 is 79.1. The largest absolute Gasteiger partial charge is 0.416 e. The van der Waals surface area contributed by atoms with Gasteiger partial charge >= 0.3 is 12.4 Å². The maximum absolute atomic E-state index is 12.9. The second-order valence-electron chi connectivity index (χ2n) is 6.66. The highest BCUT2D eigenvalue weighted by atomic mass is 19.4. The van der Waals surface area contributed by atoms with Gasteiger partial charge in [0.15, 0.2) is 11.6 Å². The Kier molecular flexibility index (Phi) is 6.38. The first-order valence-corrected chi connectivity index (χ1v) is 9.32. The number of rotatable bonds is 5. The number of hydrogen-bond donors (Lipinski definition) is 0. The molecule has 0 aliphatic heterocycles. The fourth-order valence-electron chi connectivity index (χ4n) is 3.02. The topological polar surface area (TPSA) is 30.7 Å². The fourth-order valence-corrected chi connectivity index (χ4v) is 3.02. The smallest absolute Gasteiger partial charge is 0.275 e. The molecule has 0 aliphatic carbocycles. The molecule has 3 nitrogen and oxygen atoms in total. The van der Waals surface area contributed by atoms with Gasteiger partial charge < -0.3 is 0 Å². The molecule has 32 heavy (non-hydrogen) atoms. The summed E-state index contributed by atoms with van der Waals surface area (Å²) in [6, 6.07) is 8.78. The van der Waals surface area contributed by atoms with Crippen molar-refractivity contribution in [2.75, 3.05) is 0 Å². The SMILES string of the molecule is C=C/C=C(\C=C/C)n1c(-c2ccc(C(F)(F)F)cc2)nnc1-c1ccc(C(F)(F)F)cc1. The van der Waals surface area contributed by atoms with Crippen molar-refractivity contribution in [1.82, 2.24) is 14.8 Å². The van der Waals surface area contributed by atoms with Crippen LogP contribution in [0.15, 0.2) is 79.4 Å². The molecule has 0 aliphatic rings. The Balaban J connectivity index is 2.19. The van der Waals surface area contributed by atoms with E-state index in [-0.39, 0.29) is 11.6 Å². The average molecular weight is 449 g/mol. The van der Waals surface area contributed by atoms with Crippen molar-refractivity contribution in [3.05, 3.63) is 90.5 Å². The molecule has 0 radical (unpaired) electrons. The number of alkyl halides is 6. The van der Waals surface area contributed by atoms with Gasteiger partial charge in [0, 0.05) is 16.8 Å². The van der Waals surface area contributed by atoms with Crippen molar-refractivity contribution in [3.8, 4) is 22.8 Å². The van der Waals surface area contributed by atoms with E-state index in [0.717, 1.165) is 24.3 Å². The minimum atomic E-state index is -4.49. The van der Waals surface area contributed by atoms with Crippen LogP contribution >= 0.6 is 0 Å². The molecule has 9 heteroatoms. The third kappa shape index (κ3) is 4.82. The third-order valence-corrected chi connectivity index (χ3v) is 4.49. The summed E-state index contributed by atoms with van der Waals surface area (Å²) in [5.74, 6) is 0.444. The van der Waals surface area contributed by atoms with Crippen molar-refractivity contribution in [2.45, 2.75) is 19.3 Å². The molecular weight excluding hydrogens is 432 g/mol. The van der Waals surface area contributed by atoms with E-state index in [2.05, 4.69) is 16.8 Å². The molecule has 0 saturated carbocycles. The molecule has 0 atom stereocenters. The van der Waals surface area contributed by atoms with Gasteiger partial charge in [0.05, 0.1) is 11.1 Å². The van der Waals surface area contributed by atoms with Crippen LogP contribution in [-0.4, -0.2) is 14.8 Å². The van der Waals surface area contributed by atoms with E-state index in [1.165, 1.54) is 30.3 Å². The van der Waals surface area contributed by atoms with Crippen LogP contribution in [0.1, 0.15) is 18.1 Å². The molecular formula is C23H17F6N3. The second kappa shape index (κ2) is 8.86. The van der Waals surface area contributed by atoms with E-state index in [1.807, 2.05) is 0 Å². The monoisotopic (exact) mass is 449 g/mol. The number of aromatic nitrogens is 3. The van der Waals surface area contributed by atoms with E-state index < -0.39 is 23.5 Å². The highest BCUT2D eigenvalue weighted by molar-refractivity contribution is 5.74. The molecule has 1 heterocycles. The van der Waals surface area contributed by atoms with Crippen LogP contribution in [0.2, 0.25) is 0 Å². The van der Waals surface area contributed by atoms with Crippen LogP contribution in [0.25, 0.3) is 28.5 Å². The van der Waals surface area contributed by atoms with Crippen LogP contribution in [-0.2, 0) is 12.4 Å². The van der Waals surface area contributed by atoms with Gasteiger partial charge in [-0.25, -0.2) is 0 Å². The molecule has 3 rings (SSSR count). The average Bonchev–Trinajstić information content (AvgIpc) is 3.17. The Morgan fingerprint density at radius 2 is 1.19 bits per heavy atom. The molecule has 0 amide bonds. The quantitative estimate of drug-likeness (QED) is 0.303. The Labute approximate surface area is 180 Å². The first-order chi connectivity index (χ1) is 15.1. The minimum absolute atomic E-state index is 0.222. The summed E-state index contributed by atoms with van der Waals surface area (Å²) in [4.78, 5) is 0. The lowest BCUT2D eigenvalue weighted by molar-refractivity contribution is -0.138. The molecule has 0 fully saturated rings. The van der Waals surface area contributed by atoms with E-state index in [0.29, 0.717) is 16.8 Å². The Bertz CT molecular complexity index is 1070. The summed E-state index contributed by atoms with van der Waals surface area (Å²) in [7, 11) is 0. The summed E-state index contributed by atoms with van der Waals surface area (Å²) in [5.41, 5.74) is -0.403. The van der Waals surface area contributed by atoms with Gasteiger partial charge in [-0.05, 0) is 43.3 Å². The predicted octanol–water partition coefficient (Wildman–Crippen LogP) is 7.25. The first-order valence-electron chi connectivity index (χ1n) is 9.32. The summed E-state index contributed by atoms with van der Waals surface area (Å²) in [6.45, 7) is 5.42. The highest BCUT2D eigenvalue weighted by Crippen LogP contribution is 2.34. The lowest BCUT2D eigenvalue weighted by Crippen LogP contribution is -2.06. The number of allylic oxidation sites excluding steroid dienone is 5. The maximum Gasteiger partial charge on any atom is 0.416 e. The van der Waals surface area contributed by atoms with E-state index >= 15 is 0 Å². The molecule has 166 valence electrons. The fraction of sp³-hybridized carbons (Fsp3) is 0.130. The van der Waals surface area contributed by atoms with Crippen LogP contribution in [0.5, 0.6) is 0 Å². The van der Waals surface area contributed by atoms with Gasteiger partial charge in [0.25, 0.3) is 0 Å². The van der Waals surface area contributed by atoms with Gasteiger partial charge in [-0.3, -0.25) is 4.57 Å². The number of benzene rings is 2. The van der Waals surface area contributed by atoms with Crippen molar-refractivity contribution in [1.29, 1.82) is 0 Å². The molecule has 2 aromatic carbocycles.